The van der Waals surface area contributed by atoms with Crippen molar-refractivity contribution in [2.75, 3.05) is 26.2 Å². The van der Waals surface area contributed by atoms with E-state index < -0.39 is 0 Å². The van der Waals surface area contributed by atoms with Crippen LogP contribution in [0.2, 0.25) is 0 Å². The fourth-order valence-electron chi connectivity index (χ4n) is 3.13. The number of benzene rings is 1. The molecule has 6 heteroatoms. The Morgan fingerprint density at radius 3 is 2.72 bits per heavy atom. The standard InChI is InChI=1S/C19H24N2O4/c1-13-14(2)19(22)25-18-12-16(4-5-17(13)18)24-11-3-8-21-9-6-15(20-23)7-10-21/h4-5,12,23H,3,6-11H2,1-2H3. The van der Waals surface area contributed by atoms with Crippen molar-refractivity contribution in [3.8, 4) is 5.75 Å². The summed E-state index contributed by atoms with van der Waals surface area (Å²) in [5, 5.41) is 13.0. The summed E-state index contributed by atoms with van der Waals surface area (Å²) in [7, 11) is 0. The molecule has 0 unspecified atom stereocenters. The molecule has 1 aromatic heterocycles. The fraction of sp³-hybridized carbons (Fsp3) is 0.474. The Balaban J connectivity index is 1.54. The summed E-state index contributed by atoms with van der Waals surface area (Å²) in [5.41, 5.74) is 2.76. The van der Waals surface area contributed by atoms with E-state index in [1.807, 2.05) is 19.1 Å². The molecule has 134 valence electrons. The SMILES string of the molecule is Cc1c(C)c2ccc(OCCCN3CCC(=NO)CC3)cc2oc1=O. The smallest absolute Gasteiger partial charge is 0.339 e. The number of piperidine rings is 1. The van der Waals surface area contributed by atoms with E-state index in [-0.39, 0.29) is 5.63 Å². The van der Waals surface area contributed by atoms with Crippen molar-refractivity contribution in [1.82, 2.24) is 4.90 Å². The minimum atomic E-state index is -0.293. The van der Waals surface area contributed by atoms with E-state index >= 15 is 0 Å². The zero-order valence-corrected chi connectivity index (χ0v) is 14.7. The number of nitrogens with zero attached hydrogens (tertiary/aromatic N) is 2. The maximum Gasteiger partial charge on any atom is 0.339 e. The molecule has 2 aromatic rings. The van der Waals surface area contributed by atoms with Gasteiger partial charge in [-0.3, -0.25) is 0 Å². The Kier molecular flexibility index (Phi) is 5.38. The van der Waals surface area contributed by atoms with Crippen molar-refractivity contribution < 1.29 is 14.4 Å². The predicted molar refractivity (Wildman–Crippen MR) is 97.0 cm³/mol. The van der Waals surface area contributed by atoms with Gasteiger partial charge in [0.25, 0.3) is 0 Å². The topological polar surface area (TPSA) is 75.3 Å². The van der Waals surface area contributed by atoms with E-state index in [9.17, 15) is 4.79 Å². The van der Waals surface area contributed by atoms with Crippen LogP contribution in [0.15, 0.2) is 32.6 Å². The largest absolute Gasteiger partial charge is 0.493 e. The van der Waals surface area contributed by atoms with Crippen LogP contribution in [-0.4, -0.2) is 42.1 Å². The number of rotatable bonds is 5. The van der Waals surface area contributed by atoms with Gasteiger partial charge in [-0.25, -0.2) is 4.79 Å². The highest BCUT2D eigenvalue weighted by Crippen LogP contribution is 2.24. The molecule has 1 N–H and O–H groups in total. The first-order valence-corrected chi connectivity index (χ1v) is 8.67. The van der Waals surface area contributed by atoms with Gasteiger partial charge in [0.15, 0.2) is 0 Å². The minimum Gasteiger partial charge on any atom is -0.493 e. The van der Waals surface area contributed by atoms with E-state index in [0.717, 1.165) is 55.6 Å². The van der Waals surface area contributed by atoms with Crippen LogP contribution in [0, 0.1) is 13.8 Å². The lowest BCUT2D eigenvalue weighted by atomic mass is 10.1. The number of ether oxygens (including phenoxy) is 1. The fourth-order valence-corrected chi connectivity index (χ4v) is 3.13. The van der Waals surface area contributed by atoms with Crippen LogP contribution in [-0.2, 0) is 0 Å². The van der Waals surface area contributed by atoms with Crippen LogP contribution in [0.5, 0.6) is 5.75 Å². The third kappa shape index (κ3) is 4.02. The Morgan fingerprint density at radius 2 is 2.00 bits per heavy atom. The molecule has 1 aliphatic heterocycles. The number of likely N-dealkylation sites (tertiary alicyclic amines) is 1. The number of fused-ring (bicyclic) bond motifs is 1. The van der Waals surface area contributed by atoms with Crippen molar-refractivity contribution in [3.05, 3.63) is 39.7 Å². The second-order valence-electron chi connectivity index (χ2n) is 6.51. The van der Waals surface area contributed by atoms with Gasteiger partial charge >= 0.3 is 5.63 Å². The van der Waals surface area contributed by atoms with Crippen molar-refractivity contribution in [2.45, 2.75) is 33.1 Å². The van der Waals surface area contributed by atoms with Crippen LogP contribution in [0.1, 0.15) is 30.4 Å². The van der Waals surface area contributed by atoms with Gasteiger partial charge in [-0.1, -0.05) is 5.16 Å². The highest BCUT2D eigenvalue weighted by Gasteiger charge is 2.14. The molecule has 25 heavy (non-hydrogen) atoms. The molecule has 0 aliphatic carbocycles. The van der Waals surface area contributed by atoms with E-state index in [1.165, 1.54) is 0 Å². The lowest BCUT2D eigenvalue weighted by molar-refractivity contribution is 0.230. The number of hydrogen-bond acceptors (Lipinski definition) is 6. The first-order valence-electron chi connectivity index (χ1n) is 8.67. The Bertz CT molecular complexity index is 831. The predicted octanol–water partition coefficient (Wildman–Crippen LogP) is 3.10. The van der Waals surface area contributed by atoms with Crippen molar-refractivity contribution in [2.24, 2.45) is 5.16 Å². The zero-order valence-electron chi connectivity index (χ0n) is 14.7. The van der Waals surface area contributed by atoms with Crippen molar-refractivity contribution in [3.63, 3.8) is 0 Å². The Labute approximate surface area is 146 Å². The minimum absolute atomic E-state index is 0.293. The van der Waals surface area contributed by atoms with E-state index in [4.69, 9.17) is 14.4 Å². The van der Waals surface area contributed by atoms with E-state index in [2.05, 4.69) is 10.1 Å². The van der Waals surface area contributed by atoms with Crippen LogP contribution >= 0.6 is 0 Å². The lowest BCUT2D eigenvalue weighted by Crippen LogP contribution is -2.35. The molecule has 2 heterocycles. The summed E-state index contributed by atoms with van der Waals surface area (Å²) in [6.07, 6.45) is 2.58. The summed E-state index contributed by atoms with van der Waals surface area (Å²) in [5.74, 6) is 0.715. The Hall–Kier alpha value is -2.34. The number of oxime groups is 1. The summed E-state index contributed by atoms with van der Waals surface area (Å²) in [6.45, 7) is 7.14. The zero-order chi connectivity index (χ0) is 17.8. The second kappa shape index (κ2) is 7.70. The molecule has 1 fully saturated rings. The van der Waals surface area contributed by atoms with Gasteiger partial charge < -0.3 is 19.3 Å². The second-order valence-corrected chi connectivity index (χ2v) is 6.51. The van der Waals surface area contributed by atoms with Gasteiger partial charge in [0.2, 0.25) is 0 Å². The normalized spacial score (nSPS) is 15.5. The van der Waals surface area contributed by atoms with E-state index in [1.54, 1.807) is 13.0 Å². The van der Waals surface area contributed by atoms with Gasteiger partial charge in [-0.15, -0.1) is 0 Å². The first-order chi connectivity index (χ1) is 12.1. The summed E-state index contributed by atoms with van der Waals surface area (Å²) in [6, 6.07) is 5.64. The average Bonchev–Trinajstić information content (AvgIpc) is 2.64. The molecule has 0 saturated carbocycles. The Morgan fingerprint density at radius 1 is 1.24 bits per heavy atom. The average molecular weight is 344 g/mol. The van der Waals surface area contributed by atoms with Gasteiger partial charge in [-0.2, -0.15) is 0 Å². The molecule has 0 bridgehead atoms. The van der Waals surface area contributed by atoms with E-state index in [0.29, 0.717) is 23.5 Å². The van der Waals surface area contributed by atoms with Crippen LogP contribution in [0.4, 0.5) is 0 Å². The maximum atomic E-state index is 11.8. The number of aryl methyl sites for hydroxylation is 1. The highest BCUT2D eigenvalue weighted by atomic mass is 16.5. The van der Waals surface area contributed by atoms with Crippen LogP contribution < -0.4 is 10.4 Å². The summed E-state index contributed by atoms with van der Waals surface area (Å²) < 4.78 is 11.2. The molecule has 0 amide bonds. The van der Waals surface area contributed by atoms with Crippen molar-refractivity contribution >= 4 is 16.7 Å². The summed E-state index contributed by atoms with van der Waals surface area (Å²) in [4.78, 5) is 14.2. The van der Waals surface area contributed by atoms with Crippen LogP contribution in [0.3, 0.4) is 0 Å². The molecule has 1 aliphatic rings. The highest BCUT2D eigenvalue weighted by molar-refractivity contribution is 5.84. The van der Waals surface area contributed by atoms with Gasteiger partial charge in [0.1, 0.15) is 11.3 Å². The molecule has 0 spiro atoms. The number of hydrogen-bond donors (Lipinski definition) is 1. The molecule has 1 aromatic carbocycles. The first kappa shape index (κ1) is 17.5. The van der Waals surface area contributed by atoms with Crippen molar-refractivity contribution in [1.29, 1.82) is 0 Å². The molecule has 6 nitrogen and oxygen atoms in total. The van der Waals surface area contributed by atoms with Crippen LogP contribution in [0.25, 0.3) is 11.0 Å². The molecular formula is C19H24N2O4. The quantitative estimate of drug-likeness (QED) is 0.390. The van der Waals surface area contributed by atoms with Gasteiger partial charge in [-0.05, 0) is 38.0 Å². The lowest BCUT2D eigenvalue weighted by Gasteiger charge is -2.26. The molecule has 0 radical (unpaired) electrons. The third-order valence-electron chi connectivity index (χ3n) is 4.89. The molecule has 3 rings (SSSR count). The van der Waals surface area contributed by atoms with Gasteiger partial charge in [0, 0.05) is 49.5 Å². The van der Waals surface area contributed by atoms with Gasteiger partial charge in [0.05, 0.1) is 12.3 Å². The monoisotopic (exact) mass is 344 g/mol. The molecule has 0 atom stereocenters. The molecule has 1 saturated heterocycles. The maximum absolute atomic E-state index is 11.8. The third-order valence-corrected chi connectivity index (χ3v) is 4.89. The molecular weight excluding hydrogens is 320 g/mol. The summed E-state index contributed by atoms with van der Waals surface area (Å²) >= 11 is 0.